The maximum atomic E-state index is 14.7. The molecule has 0 radical (unpaired) electrons. The zero-order valence-electron chi connectivity index (χ0n) is 22.4. The molecule has 3 nitrogen and oxygen atoms in total. The third-order valence-corrected chi connectivity index (χ3v) is 7.08. The molecule has 14 heteroatoms. The van der Waals surface area contributed by atoms with E-state index in [4.69, 9.17) is 0 Å². The van der Waals surface area contributed by atoms with Gasteiger partial charge in [-0.1, -0.05) is 42.5 Å². The zero-order chi connectivity index (χ0) is 32.6. The number of nitrogens with zero attached hydrogens (tertiary/aromatic N) is 1. The second-order valence-corrected chi connectivity index (χ2v) is 10.2. The maximum Gasteiger partial charge on any atom is 0.428 e. The van der Waals surface area contributed by atoms with Gasteiger partial charge in [0.1, 0.15) is 17.7 Å². The van der Waals surface area contributed by atoms with Crippen LogP contribution in [0.1, 0.15) is 28.7 Å². The van der Waals surface area contributed by atoms with Gasteiger partial charge in [0.05, 0.1) is 5.56 Å². The molecule has 0 saturated carbocycles. The number of carbonyl (C=O) groups is 1. The molecule has 1 N–H and O–H groups in total. The number of Topliss-reactive ketones (excluding diaryl/α,β-unsaturated/α-hetero) is 1. The number of halogens is 11. The fourth-order valence-electron chi connectivity index (χ4n) is 5.14. The Morgan fingerprint density at radius 1 is 0.721 bits per heavy atom. The Morgan fingerprint density at radius 2 is 1.23 bits per heavy atom. The lowest BCUT2D eigenvalue weighted by Crippen LogP contribution is -2.70. The first-order chi connectivity index (χ1) is 19.6. The summed E-state index contributed by atoms with van der Waals surface area (Å²) in [6, 6.07) is 8.65. The fraction of sp³-hybridized carbons (Fsp3) is 0.345. The van der Waals surface area contributed by atoms with Crippen LogP contribution >= 0.6 is 0 Å². The molecule has 3 aromatic carbocycles. The molecular formula is C29H24F11NO2. The summed E-state index contributed by atoms with van der Waals surface area (Å²) in [5.41, 5.74) is -10.1. The van der Waals surface area contributed by atoms with E-state index in [9.17, 15) is 58.2 Å². The predicted octanol–water partition coefficient (Wildman–Crippen LogP) is 7.26. The minimum Gasteiger partial charge on any atom is -0.372 e. The molecule has 1 unspecified atom stereocenters. The molecule has 0 aliphatic rings. The average molecular weight is 627 g/mol. The van der Waals surface area contributed by atoms with Crippen LogP contribution in [0.15, 0.2) is 72.8 Å². The summed E-state index contributed by atoms with van der Waals surface area (Å²) < 4.78 is 153. The van der Waals surface area contributed by atoms with Gasteiger partial charge in [-0.05, 0) is 67.5 Å². The third-order valence-electron chi connectivity index (χ3n) is 7.08. The summed E-state index contributed by atoms with van der Waals surface area (Å²) in [7, 11) is 1.34. The van der Waals surface area contributed by atoms with Gasteiger partial charge in [0, 0.05) is 11.8 Å². The summed E-state index contributed by atoms with van der Waals surface area (Å²) in [5, 5.41) is 10.2. The van der Waals surface area contributed by atoms with Crippen molar-refractivity contribution in [2.24, 2.45) is 0 Å². The summed E-state index contributed by atoms with van der Waals surface area (Å²) >= 11 is 0. The zero-order valence-corrected chi connectivity index (χ0v) is 22.4. The number of rotatable bonds is 9. The number of aliphatic hydroxyl groups is 1. The molecule has 2 atom stereocenters. The van der Waals surface area contributed by atoms with E-state index in [-0.39, 0.29) is 22.1 Å². The molecule has 0 spiro atoms. The minimum absolute atomic E-state index is 0.123. The van der Waals surface area contributed by atoms with E-state index < -0.39 is 77.0 Å². The molecule has 0 saturated heterocycles. The highest BCUT2D eigenvalue weighted by Gasteiger charge is 2.76. The molecule has 0 aromatic heterocycles. The van der Waals surface area contributed by atoms with Gasteiger partial charge in [-0.15, -0.1) is 0 Å². The van der Waals surface area contributed by atoms with Gasteiger partial charge in [0.2, 0.25) is 0 Å². The van der Waals surface area contributed by atoms with Crippen LogP contribution < -0.4 is 0 Å². The summed E-state index contributed by atoms with van der Waals surface area (Å²) in [5.74, 6) is -4.23. The number of carbonyl (C=O) groups excluding carboxylic acids is 1. The van der Waals surface area contributed by atoms with Gasteiger partial charge in [-0.3, -0.25) is 9.69 Å². The Hall–Kier alpha value is -3.52. The van der Waals surface area contributed by atoms with E-state index in [0.717, 1.165) is 24.3 Å². The predicted molar refractivity (Wildman–Crippen MR) is 133 cm³/mol. The lowest BCUT2D eigenvalue weighted by Gasteiger charge is -2.43. The number of benzene rings is 3. The number of likely N-dealkylation sites (N-methyl/N-ethyl adjacent to an activating group) is 1. The smallest absolute Gasteiger partial charge is 0.372 e. The van der Waals surface area contributed by atoms with Gasteiger partial charge in [0.25, 0.3) is 5.60 Å². The standard InChI is InChI=1S/C29H24F11NO2/c1-41(2)24(26(43,28(35,36)37)29(38,39)40)23(42)16-25(15-17-6-4-3-5-7-17,18-8-10-21(30)11-9-18)19-12-20(27(32,33)34)14-22(31)13-19/h3-14,24,43H,15-16H2,1-2H3/t24?,25-/m1/s1. The minimum atomic E-state index is -6.43. The van der Waals surface area contributed by atoms with Crippen molar-refractivity contribution in [2.75, 3.05) is 14.1 Å². The topological polar surface area (TPSA) is 40.5 Å². The Bertz CT molecular complexity index is 1400. The van der Waals surface area contributed by atoms with Gasteiger partial charge in [-0.2, -0.15) is 39.5 Å². The van der Waals surface area contributed by atoms with Crippen LogP contribution in [-0.2, 0) is 22.8 Å². The Kier molecular flexibility index (Phi) is 9.38. The molecule has 3 aromatic rings. The van der Waals surface area contributed by atoms with E-state index in [2.05, 4.69) is 0 Å². The highest BCUT2D eigenvalue weighted by Crippen LogP contribution is 2.49. The van der Waals surface area contributed by atoms with Crippen LogP contribution in [-0.4, -0.2) is 53.9 Å². The molecule has 0 bridgehead atoms. The van der Waals surface area contributed by atoms with Crippen molar-refractivity contribution in [3.8, 4) is 0 Å². The van der Waals surface area contributed by atoms with Gasteiger partial charge in [-0.25, -0.2) is 8.78 Å². The highest BCUT2D eigenvalue weighted by molar-refractivity contribution is 5.88. The summed E-state index contributed by atoms with van der Waals surface area (Å²) in [6.45, 7) is 0. The number of alkyl halides is 9. The summed E-state index contributed by atoms with van der Waals surface area (Å²) in [4.78, 5) is 13.9. The number of ketones is 1. The Balaban J connectivity index is 2.41. The van der Waals surface area contributed by atoms with Crippen LogP contribution in [0.25, 0.3) is 0 Å². The van der Waals surface area contributed by atoms with E-state index in [1.54, 1.807) is 0 Å². The fourth-order valence-corrected chi connectivity index (χ4v) is 5.14. The van der Waals surface area contributed by atoms with Gasteiger partial charge >= 0.3 is 18.5 Å². The first-order valence-corrected chi connectivity index (χ1v) is 12.4. The third kappa shape index (κ3) is 6.85. The molecule has 3 rings (SSSR count). The van der Waals surface area contributed by atoms with Crippen LogP contribution in [0.3, 0.4) is 0 Å². The quantitative estimate of drug-likeness (QED) is 0.254. The van der Waals surface area contributed by atoms with E-state index in [1.807, 2.05) is 0 Å². The van der Waals surface area contributed by atoms with Gasteiger partial charge in [0.15, 0.2) is 5.78 Å². The number of hydrogen-bond acceptors (Lipinski definition) is 3. The Morgan fingerprint density at radius 3 is 1.70 bits per heavy atom. The van der Waals surface area contributed by atoms with Crippen molar-refractivity contribution in [1.82, 2.24) is 4.90 Å². The molecule has 0 amide bonds. The first-order valence-electron chi connectivity index (χ1n) is 12.4. The first kappa shape index (κ1) is 34.0. The second-order valence-electron chi connectivity index (χ2n) is 10.2. The molecule has 0 aliphatic heterocycles. The second kappa shape index (κ2) is 11.9. The van der Waals surface area contributed by atoms with Crippen LogP contribution in [0.4, 0.5) is 48.3 Å². The SMILES string of the molecule is CN(C)C(C(=O)C[C@](Cc1ccccc1)(c1ccc(F)cc1)c1cc(F)cc(C(F)(F)F)c1)C(O)(C(F)(F)F)C(F)(F)F. The van der Waals surface area contributed by atoms with Crippen molar-refractivity contribution < 1.29 is 58.2 Å². The van der Waals surface area contributed by atoms with E-state index in [1.165, 1.54) is 30.3 Å². The largest absolute Gasteiger partial charge is 0.428 e. The lowest BCUT2D eigenvalue weighted by molar-refractivity contribution is -0.378. The summed E-state index contributed by atoms with van der Waals surface area (Å²) in [6.07, 6.45) is -20.0. The van der Waals surface area contributed by atoms with Crippen molar-refractivity contribution in [3.63, 3.8) is 0 Å². The normalized spacial score (nSPS) is 15.3. The average Bonchev–Trinajstić information content (AvgIpc) is 2.87. The molecular weight excluding hydrogens is 603 g/mol. The molecule has 234 valence electrons. The molecule has 0 fully saturated rings. The van der Waals surface area contributed by atoms with Gasteiger partial charge < -0.3 is 5.11 Å². The monoisotopic (exact) mass is 627 g/mol. The lowest BCUT2D eigenvalue weighted by atomic mass is 9.65. The molecule has 0 aliphatic carbocycles. The van der Waals surface area contributed by atoms with Crippen LogP contribution in [0.5, 0.6) is 0 Å². The van der Waals surface area contributed by atoms with Crippen molar-refractivity contribution in [2.45, 2.75) is 48.4 Å². The molecule has 0 heterocycles. The number of hydrogen-bond donors (Lipinski definition) is 1. The van der Waals surface area contributed by atoms with E-state index >= 15 is 0 Å². The maximum absolute atomic E-state index is 14.7. The van der Waals surface area contributed by atoms with Crippen molar-refractivity contribution in [3.05, 3.63) is 107 Å². The highest BCUT2D eigenvalue weighted by atomic mass is 19.4. The van der Waals surface area contributed by atoms with Crippen molar-refractivity contribution >= 4 is 5.78 Å². The Labute approximate surface area is 238 Å². The van der Waals surface area contributed by atoms with E-state index in [0.29, 0.717) is 26.2 Å². The van der Waals surface area contributed by atoms with Crippen LogP contribution in [0.2, 0.25) is 0 Å². The van der Waals surface area contributed by atoms with Crippen LogP contribution in [0, 0.1) is 11.6 Å². The molecule has 43 heavy (non-hydrogen) atoms. The van der Waals surface area contributed by atoms with Crippen molar-refractivity contribution in [1.29, 1.82) is 0 Å².